The van der Waals surface area contributed by atoms with Gasteiger partial charge in [0.2, 0.25) is 11.8 Å². The van der Waals surface area contributed by atoms with E-state index in [2.05, 4.69) is 85.2 Å². The summed E-state index contributed by atoms with van der Waals surface area (Å²) in [5.41, 5.74) is 0. The molecule has 302 valence electrons. The highest BCUT2D eigenvalue weighted by Crippen LogP contribution is 2.15. The van der Waals surface area contributed by atoms with Crippen LogP contribution in [-0.4, -0.2) is 59.3 Å². The van der Waals surface area contributed by atoms with Crippen molar-refractivity contribution in [3.8, 4) is 0 Å². The summed E-state index contributed by atoms with van der Waals surface area (Å²) in [6, 6.07) is -1.38. The zero-order valence-electron chi connectivity index (χ0n) is 33.2. The molecular weight excluding hydrogens is 668 g/mol. The zero-order chi connectivity index (χ0) is 39.0. The summed E-state index contributed by atoms with van der Waals surface area (Å²) in [7, 11) is 0. The fraction of sp³-hybridized carbons (Fsp3) is 0.682. The minimum absolute atomic E-state index is 0.113. The van der Waals surface area contributed by atoms with E-state index in [1.54, 1.807) is 0 Å². The fourth-order valence-corrected chi connectivity index (χ4v) is 5.56. The number of hydrogen-bond donors (Lipinski definition) is 4. The van der Waals surface area contributed by atoms with Gasteiger partial charge in [0.15, 0.2) is 0 Å². The number of esters is 1. The second-order valence-electron chi connectivity index (χ2n) is 13.7. The predicted octanol–water partition coefficient (Wildman–Crippen LogP) is 9.76. The second-order valence-corrected chi connectivity index (χ2v) is 13.7. The van der Waals surface area contributed by atoms with E-state index < -0.39 is 24.5 Å². The first kappa shape index (κ1) is 49.5. The summed E-state index contributed by atoms with van der Waals surface area (Å²) in [5.74, 6) is -2.37. The van der Waals surface area contributed by atoms with Crippen molar-refractivity contribution in [2.75, 3.05) is 13.2 Å². The number of ether oxygens (including phenoxy) is 1. The zero-order valence-corrected chi connectivity index (χ0v) is 33.2. The van der Waals surface area contributed by atoms with Gasteiger partial charge in [0.1, 0.15) is 12.1 Å². The smallest absolute Gasteiger partial charge is 0.328 e. The lowest BCUT2D eigenvalue weighted by molar-refractivity contribution is -0.147. The number of nitrogens with one attached hydrogen (secondary N) is 2. The van der Waals surface area contributed by atoms with E-state index in [-0.39, 0.29) is 24.5 Å². The van der Waals surface area contributed by atoms with Crippen molar-refractivity contribution in [2.24, 2.45) is 0 Å². The standard InChI is InChI=1S/C44H74N2O7/c1-3-5-7-9-11-13-14-15-16-17-18-20-22-28-32-36-43(50)53-39(33-29-25-21-19-12-10-8-6-4-2)34-30-26-23-24-27-31-35-41(48)45-37-42(49)46-40(38-47)44(51)52/h5,7,11,13,15-16,19,21,29,33,39-40,47H,3-4,6,8-10,12,14,17-18,20,22-28,30-32,34-38H2,1-2H3,(H,45,48)(H,46,49)(H,51,52)/b7-5-,13-11-,16-15-,21-19-,33-29-. The molecule has 0 rings (SSSR count). The van der Waals surface area contributed by atoms with E-state index >= 15 is 0 Å². The Labute approximate surface area is 321 Å². The molecule has 0 fully saturated rings. The first-order valence-corrected chi connectivity index (χ1v) is 20.7. The van der Waals surface area contributed by atoms with Crippen LogP contribution in [0.5, 0.6) is 0 Å². The lowest BCUT2D eigenvalue weighted by Crippen LogP contribution is -2.47. The Morgan fingerprint density at radius 3 is 1.74 bits per heavy atom. The number of carboxylic acid groups (broad SMARTS) is 1. The number of aliphatic hydroxyl groups excluding tert-OH is 1. The molecule has 0 aliphatic carbocycles. The third-order valence-corrected chi connectivity index (χ3v) is 8.73. The van der Waals surface area contributed by atoms with Crippen molar-refractivity contribution in [3.05, 3.63) is 60.8 Å². The van der Waals surface area contributed by atoms with Crippen LogP contribution in [0, 0.1) is 0 Å². The van der Waals surface area contributed by atoms with Crippen LogP contribution in [-0.2, 0) is 23.9 Å². The molecule has 0 bridgehead atoms. The first-order valence-electron chi connectivity index (χ1n) is 20.7. The van der Waals surface area contributed by atoms with Gasteiger partial charge < -0.3 is 25.6 Å². The molecule has 0 aliphatic rings. The van der Waals surface area contributed by atoms with Gasteiger partial charge in [-0.25, -0.2) is 4.79 Å². The van der Waals surface area contributed by atoms with Gasteiger partial charge in [-0.2, -0.15) is 0 Å². The highest BCUT2D eigenvalue weighted by atomic mass is 16.5. The van der Waals surface area contributed by atoms with Crippen LogP contribution < -0.4 is 10.6 Å². The number of amides is 2. The Hall–Kier alpha value is -3.46. The quantitative estimate of drug-likeness (QED) is 0.0284. The molecule has 0 saturated carbocycles. The van der Waals surface area contributed by atoms with Crippen LogP contribution in [0.25, 0.3) is 0 Å². The van der Waals surface area contributed by atoms with Gasteiger partial charge in [0, 0.05) is 12.8 Å². The van der Waals surface area contributed by atoms with Gasteiger partial charge in [0.25, 0.3) is 0 Å². The molecular formula is C44H74N2O7. The van der Waals surface area contributed by atoms with Gasteiger partial charge in [-0.1, -0.05) is 133 Å². The van der Waals surface area contributed by atoms with Crippen LogP contribution in [0.2, 0.25) is 0 Å². The number of allylic oxidation sites excluding steroid dienone is 9. The largest absolute Gasteiger partial charge is 0.480 e. The summed E-state index contributed by atoms with van der Waals surface area (Å²) >= 11 is 0. The number of carboxylic acids is 1. The third kappa shape index (κ3) is 35.3. The summed E-state index contributed by atoms with van der Waals surface area (Å²) in [6.45, 7) is 3.33. The number of aliphatic hydroxyl groups is 1. The van der Waals surface area contributed by atoms with Gasteiger partial charge in [0.05, 0.1) is 13.2 Å². The average Bonchev–Trinajstić information content (AvgIpc) is 3.14. The average molecular weight is 743 g/mol. The molecule has 0 aliphatic heterocycles. The molecule has 0 saturated heterocycles. The molecule has 2 unspecified atom stereocenters. The van der Waals surface area contributed by atoms with Crippen LogP contribution in [0.3, 0.4) is 0 Å². The van der Waals surface area contributed by atoms with E-state index in [9.17, 15) is 19.2 Å². The normalized spacial score (nSPS) is 13.1. The van der Waals surface area contributed by atoms with E-state index in [1.165, 1.54) is 38.5 Å². The number of aliphatic carboxylic acids is 1. The topological polar surface area (TPSA) is 142 Å². The Balaban J connectivity index is 4.35. The van der Waals surface area contributed by atoms with Crippen molar-refractivity contribution in [3.63, 3.8) is 0 Å². The molecule has 0 radical (unpaired) electrons. The van der Waals surface area contributed by atoms with Crippen molar-refractivity contribution >= 4 is 23.8 Å². The SMILES string of the molecule is CC/C=C\C/C=C\C/C=C\CCCCCCCC(=O)OC(/C=C\C/C=C\CCCCCC)CCCCCCCCC(=O)NCC(=O)NC(CO)C(=O)O. The molecule has 9 heteroatoms. The minimum atomic E-state index is -1.38. The first-order chi connectivity index (χ1) is 25.8. The molecule has 0 aromatic carbocycles. The summed E-state index contributed by atoms with van der Waals surface area (Å²) in [4.78, 5) is 47.4. The molecule has 0 aromatic heterocycles. The van der Waals surface area contributed by atoms with Gasteiger partial charge in [-0.15, -0.1) is 0 Å². The van der Waals surface area contributed by atoms with Gasteiger partial charge in [-0.3, -0.25) is 14.4 Å². The lowest BCUT2D eigenvalue weighted by atomic mass is 10.1. The van der Waals surface area contributed by atoms with E-state index in [1.807, 2.05) is 0 Å². The van der Waals surface area contributed by atoms with Crippen molar-refractivity contribution < 1.29 is 34.1 Å². The van der Waals surface area contributed by atoms with Crippen LogP contribution in [0.1, 0.15) is 168 Å². The maximum absolute atomic E-state index is 12.7. The molecule has 9 nitrogen and oxygen atoms in total. The Morgan fingerprint density at radius 2 is 1.13 bits per heavy atom. The molecule has 4 N–H and O–H groups in total. The van der Waals surface area contributed by atoms with E-state index in [0.29, 0.717) is 19.3 Å². The Kier molecular flexibility index (Phi) is 35.8. The van der Waals surface area contributed by atoms with Gasteiger partial charge >= 0.3 is 11.9 Å². The summed E-state index contributed by atoms with van der Waals surface area (Å²) in [6.07, 6.45) is 45.5. The fourth-order valence-electron chi connectivity index (χ4n) is 5.56. The monoisotopic (exact) mass is 743 g/mol. The highest BCUT2D eigenvalue weighted by molar-refractivity contribution is 5.87. The van der Waals surface area contributed by atoms with Crippen molar-refractivity contribution in [2.45, 2.75) is 180 Å². The minimum Gasteiger partial charge on any atom is -0.480 e. The van der Waals surface area contributed by atoms with Crippen molar-refractivity contribution in [1.29, 1.82) is 0 Å². The number of carbonyl (C=O) groups is 4. The summed E-state index contributed by atoms with van der Waals surface area (Å²) < 4.78 is 5.91. The number of rotatable bonds is 36. The molecule has 53 heavy (non-hydrogen) atoms. The molecule has 0 heterocycles. The summed E-state index contributed by atoms with van der Waals surface area (Å²) in [5, 5.41) is 22.5. The maximum atomic E-state index is 12.7. The van der Waals surface area contributed by atoms with Crippen molar-refractivity contribution in [1.82, 2.24) is 10.6 Å². The van der Waals surface area contributed by atoms with Crippen LogP contribution in [0.15, 0.2) is 60.8 Å². The number of carbonyl (C=O) groups excluding carboxylic acids is 3. The number of unbranched alkanes of at least 4 members (excludes halogenated alkanes) is 14. The molecule has 2 atom stereocenters. The lowest BCUT2D eigenvalue weighted by Gasteiger charge is -2.15. The van der Waals surface area contributed by atoms with E-state index in [4.69, 9.17) is 14.9 Å². The maximum Gasteiger partial charge on any atom is 0.328 e. The second kappa shape index (κ2) is 38.3. The molecule has 0 spiro atoms. The number of hydrogen-bond acceptors (Lipinski definition) is 6. The van der Waals surface area contributed by atoms with Crippen LogP contribution >= 0.6 is 0 Å². The van der Waals surface area contributed by atoms with E-state index in [0.717, 1.165) is 96.3 Å². The van der Waals surface area contributed by atoms with Crippen LogP contribution in [0.4, 0.5) is 0 Å². The Morgan fingerprint density at radius 1 is 0.604 bits per heavy atom. The highest BCUT2D eigenvalue weighted by Gasteiger charge is 2.18. The Bertz CT molecular complexity index is 1080. The molecule has 0 aromatic rings. The van der Waals surface area contributed by atoms with Gasteiger partial charge in [-0.05, 0) is 83.1 Å². The molecule has 2 amide bonds. The third-order valence-electron chi connectivity index (χ3n) is 8.73. The predicted molar refractivity (Wildman–Crippen MR) is 217 cm³/mol.